The van der Waals surface area contributed by atoms with Crippen molar-refractivity contribution >= 4 is 17.2 Å². The summed E-state index contributed by atoms with van der Waals surface area (Å²) in [5.74, 6) is 0. The smallest absolute Gasteiger partial charge is 0.376 e. The van der Waals surface area contributed by atoms with Gasteiger partial charge in [0, 0.05) is 26.3 Å². The number of alkyl halides is 3. The van der Waals surface area contributed by atoms with Crippen molar-refractivity contribution < 1.29 is 17.9 Å². The maximum Gasteiger partial charge on any atom is 0.431 e. The van der Waals surface area contributed by atoms with E-state index in [0.29, 0.717) is 22.9 Å². The minimum absolute atomic E-state index is 0.0793. The average Bonchev–Trinajstić information content (AvgIpc) is 2.68. The lowest BCUT2D eigenvalue weighted by Crippen LogP contribution is -2.21. The Morgan fingerprint density at radius 1 is 1.44 bits per heavy atom. The first-order valence-corrected chi connectivity index (χ1v) is 5.76. The highest BCUT2D eigenvalue weighted by atomic mass is 32.1. The fourth-order valence-corrected chi connectivity index (χ4v) is 1.58. The zero-order valence-electron chi connectivity index (χ0n) is 10.4. The summed E-state index contributed by atoms with van der Waals surface area (Å²) in [4.78, 5) is 4.26. The van der Waals surface area contributed by atoms with Crippen LogP contribution in [0.25, 0.3) is 0 Å². The highest BCUT2D eigenvalue weighted by Gasteiger charge is 2.34. The Balaban J connectivity index is 3.13. The van der Waals surface area contributed by atoms with E-state index >= 15 is 0 Å². The Morgan fingerprint density at radius 3 is 2.50 bits per heavy atom. The number of hydrogen-bond donors (Lipinski definition) is 1. The molecule has 0 aliphatic carbocycles. The molecule has 0 saturated heterocycles. The number of thiocarbonyl (C=S) groups is 1. The van der Waals surface area contributed by atoms with E-state index < -0.39 is 11.9 Å². The molecule has 18 heavy (non-hydrogen) atoms. The second-order valence-electron chi connectivity index (χ2n) is 3.91. The number of rotatable bonds is 4. The van der Waals surface area contributed by atoms with Gasteiger partial charge in [0.25, 0.3) is 0 Å². The van der Waals surface area contributed by atoms with Crippen molar-refractivity contribution in [3.8, 4) is 0 Å². The molecular formula is C11H15F3N2OS. The molecule has 0 atom stereocenters. The molecule has 1 N–H and O–H groups in total. The summed E-state index contributed by atoms with van der Waals surface area (Å²) in [6, 6.07) is 1.02. The predicted molar refractivity (Wildman–Crippen MR) is 66.5 cm³/mol. The van der Waals surface area contributed by atoms with Gasteiger partial charge in [-0.15, -0.1) is 0 Å². The molecule has 0 aliphatic rings. The van der Waals surface area contributed by atoms with Crippen molar-refractivity contribution in [1.29, 1.82) is 0 Å². The van der Waals surface area contributed by atoms with E-state index in [1.807, 2.05) is 0 Å². The van der Waals surface area contributed by atoms with Crippen molar-refractivity contribution in [2.24, 2.45) is 0 Å². The molecule has 0 saturated carbocycles. The number of ether oxygens (including phenoxy) is 1. The SMILES string of the molecule is CCOCc1[nH]c(C(F)(F)F)cc1C(=S)N(C)C. The summed E-state index contributed by atoms with van der Waals surface area (Å²) in [6.45, 7) is 2.28. The van der Waals surface area contributed by atoms with E-state index in [0.717, 1.165) is 6.07 Å². The van der Waals surface area contributed by atoms with Crippen molar-refractivity contribution in [1.82, 2.24) is 9.88 Å². The van der Waals surface area contributed by atoms with Gasteiger partial charge in [0.1, 0.15) is 10.7 Å². The normalized spacial score (nSPS) is 11.7. The van der Waals surface area contributed by atoms with Crippen molar-refractivity contribution in [2.75, 3.05) is 20.7 Å². The molecule has 0 radical (unpaired) electrons. The predicted octanol–water partition coefficient (Wildman–Crippen LogP) is 2.81. The lowest BCUT2D eigenvalue weighted by molar-refractivity contribution is -0.140. The Hall–Kier alpha value is -1.08. The van der Waals surface area contributed by atoms with Crippen LogP contribution in [0.1, 0.15) is 23.9 Å². The Bertz CT molecular complexity index is 426. The molecule has 7 heteroatoms. The zero-order chi connectivity index (χ0) is 13.9. The van der Waals surface area contributed by atoms with Gasteiger partial charge in [-0.05, 0) is 13.0 Å². The van der Waals surface area contributed by atoms with Crippen LogP contribution in [0.4, 0.5) is 13.2 Å². The van der Waals surface area contributed by atoms with Crippen LogP contribution in [0.15, 0.2) is 6.07 Å². The van der Waals surface area contributed by atoms with Crippen LogP contribution < -0.4 is 0 Å². The number of nitrogens with zero attached hydrogens (tertiary/aromatic N) is 1. The molecule has 1 heterocycles. The Kier molecular flexibility index (Phi) is 4.75. The van der Waals surface area contributed by atoms with E-state index in [2.05, 4.69) is 4.98 Å². The van der Waals surface area contributed by atoms with Crippen LogP contribution in [-0.2, 0) is 17.5 Å². The van der Waals surface area contributed by atoms with E-state index in [-0.39, 0.29) is 6.61 Å². The first-order valence-electron chi connectivity index (χ1n) is 5.35. The molecule has 0 aliphatic heterocycles. The van der Waals surface area contributed by atoms with E-state index in [4.69, 9.17) is 17.0 Å². The van der Waals surface area contributed by atoms with Crippen molar-refractivity contribution in [2.45, 2.75) is 19.7 Å². The third-order valence-electron chi connectivity index (χ3n) is 2.29. The van der Waals surface area contributed by atoms with E-state index in [9.17, 15) is 13.2 Å². The molecule has 0 bridgehead atoms. The number of aromatic amines is 1. The van der Waals surface area contributed by atoms with Gasteiger partial charge in [0.05, 0.1) is 12.3 Å². The topological polar surface area (TPSA) is 28.3 Å². The largest absolute Gasteiger partial charge is 0.431 e. The van der Waals surface area contributed by atoms with Crippen LogP contribution in [0, 0.1) is 0 Å². The van der Waals surface area contributed by atoms with Crippen LogP contribution >= 0.6 is 12.2 Å². The maximum absolute atomic E-state index is 12.6. The Labute approximate surface area is 109 Å². The molecule has 0 unspecified atom stereocenters. The minimum Gasteiger partial charge on any atom is -0.376 e. The van der Waals surface area contributed by atoms with Crippen LogP contribution in [-0.4, -0.2) is 35.6 Å². The van der Waals surface area contributed by atoms with Gasteiger partial charge in [-0.25, -0.2) is 0 Å². The van der Waals surface area contributed by atoms with E-state index in [1.54, 1.807) is 25.9 Å². The van der Waals surface area contributed by atoms with Crippen LogP contribution in [0.2, 0.25) is 0 Å². The highest BCUT2D eigenvalue weighted by Crippen LogP contribution is 2.30. The van der Waals surface area contributed by atoms with Gasteiger partial charge in [0.2, 0.25) is 0 Å². The summed E-state index contributed by atoms with van der Waals surface area (Å²) in [5, 5.41) is 0. The third-order valence-corrected chi connectivity index (χ3v) is 2.88. The summed E-state index contributed by atoms with van der Waals surface area (Å²) in [6.07, 6.45) is -4.42. The average molecular weight is 280 g/mol. The molecule has 0 spiro atoms. The summed E-state index contributed by atoms with van der Waals surface area (Å²) in [5.41, 5.74) is -0.102. The lowest BCUT2D eigenvalue weighted by atomic mass is 10.2. The summed E-state index contributed by atoms with van der Waals surface area (Å²) in [7, 11) is 3.38. The fourth-order valence-electron chi connectivity index (χ4n) is 1.40. The molecule has 1 aromatic heterocycles. The number of H-pyrrole nitrogens is 1. The minimum atomic E-state index is -4.42. The number of nitrogens with one attached hydrogen (secondary N) is 1. The first kappa shape index (κ1) is 15.0. The van der Waals surface area contributed by atoms with Gasteiger partial charge in [0.15, 0.2) is 0 Å². The Morgan fingerprint density at radius 2 is 2.06 bits per heavy atom. The summed E-state index contributed by atoms with van der Waals surface area (Å²) >= 11 is 5.10. The van der Waals surface area contributed by atoms with Crippen molar-refractivity contribution in [3.63, 3.8) is 0 Å². The molecule has 1 aromatic rings. The standard InChI is InChI=1S/C11H15F3N2OS/c1-4-17-6-8-7(10(18)16(2)3)5-9(15-8)11(12,13)14/h5,15H,4,6H2,1-3H3. The monoisotopic (exact) mass is 280 g/mol. The van der Waals surface area contributed by atoms with Crippen LogP contribution in [0.3, 0.4) is 0 Å². The first-order chi connectivity index (χ1) is 8.27. The lowest BCUT2D eigenvalue weighted by Gasteiger charge is -2.14. The second-order valence-corrected chi connectivity index (χ2v) is 4.30. The highest BCUT2D eigenvalue weighted by molar-refractivity contribution is 7.80. The quantitative estimate of drug-likeness (QED) is 0.860. The molecule has 1 rings (SSSR count). The fraction of sp³-hybridized carbons (Fsp3) is 0.545. The van der Waals surface area contributed by atoms with Gasteiger partial charge < -0.3 is 14.6 Å². The maximum atomic E-state index is 12.6. The molecule has 0 fully saturated rings. The molecule has 102 valence electrons. The van der Waals surface area contributed by atoms with Crippen molar-refractivity contribution in [3.05, 3.63) is 23.0 Å². The molecule has 3 nitrogen and oxygen atoms in total. The van der Waals surface area contributed by atoms with Gasteiger partial charge >= 0.3 is 6.18 Å². The number of halogens is 3. The molecule has 0 aromatic carbocycles. The zero-order valence-corrected chi connectivity index (χ0v) is 11.2. The number of hydrogen-bond acceptors (Lipinski definition) is 2. The van der Waals surface area contributed by atoms with Gasteiger partial charge in [-0.1, -0.05) is 12.2 Å². The molecular weight excluding hydrogens is 265 g/mol. The summed E-state index contributed by atoms with van der Waals surface area (Å²) < 4.78 is 43.1. The van der Waals surface area contributed by atoms with Crippen LogP contribution in [0.5, 0.6) is 0 Å². The third kappa shape index (κ3) is 3.46. The van der Waals surface area contributed by atoms with Gasteiger partial charge in [-0.3, -0.25) is 0 Å². The molecule has 0 amide bonds. The number of aromatic nitrogens is 1. The van der Waals surface area contributed by atoms with E-state index in [1.165, 1.54) is 0 Å². The second kappa shape index (κ2) is 5.71. The van der Waals surface area contributed by atoms with Gasteiger partial charge in [-0.2, -0.15) is 13.2 Å².